The molecule has 1 aromatic heterocycles. The molecular weight excluding hydrogens is 516 g/mol. The molecule has 10 nitrogen and oxygen atoms in total. The summed E-state index contributed by atoms with van der Waals surface area (Å²) >= 11 is 0. The maximum absolute atomic E-state index is 13.9. The molecule has 1 aromatic carbocycles. The molecule has 1 atom stereocenters. The summed E-state index contributed by atoms with van der Waals surface area (Å²) in [6, 6.07) is 9.32. The highest BCUT2D eigenvalue weighted by atomic mass is 16.2. The summed E-state index contributed by atoms with van der Waals surface area (Å²) in [4.78, 5) is 45.7. The molecule has 1 spiro atoms. The number of nitrogens with one attached hydrogen (secondary N) is 2. The number of rotatable bonds is 5. The van der Waals surface area contributed by atoms with Gasteiger partial charge in [0.05, 0.1) is 0 Å². The Hall–Kier alpha value is -3.24. The number of likely N-dealkylation sites (N-methyl/N-ethyl adjacent to an activating group) is 1. The van der Waals surface area contributed by atoms with Crippen LogP contribution in [-0.4, -0.2) is 96.5 Å². The molecule has 4 fully saturated rings. The number of nitrogens with zero attached hydrogens (tertiary/aromatic N) is 6. The van der Waals surface area contributed by atoms with Gasteiger partial charge in [0.1, 0.15) is 11.2 Å². The van der Waals surface area contributed by atoms with Crippen molar-refractivity contribution in [3.8, 4) is 0 Å². The van der Waals surface area contributed by atoms with E-state index in [9.17, 15) is 9.59 Å². The first-order valence-corrected chi connectivity index (χ1v) is 15.5. The van der Waals surface area contributed by atoms with E-state index in [-0.39, 0.29) is 17.9 Å². The van der Waals surface area contributed by atoms with Crippen LogP contribution in [0.1, 0.15) is 50.5 Å². The van der Waals surface area contributed by atoms with E-state index in [1.54, 1.807) is 0 Å². The van der Waals surface area contributed by atoms with Gasteiger partial charge >= 0.3 is 0 Å². The van der Waals surface area contributed by atoms with Crippen LogP contribution in [0.25, 0.3) is 0 Å². The Morgan fingerprint density at radius 3 is 2.34 bits per heavy atom. The first-order valence-electron chi connectivity index (χ1n) is 15.5. The number of amides is 2. The second-order valence-electron chi connectivity index (χ2n) is 12.7. The molecule has 0 bridgehead atoms. The zero-order chi connectivity index (χ0) is 28.0. The number of aromatic nitrogens is 2. The van der Waals surface area contributed by atoms with Crippen molar-refractivity contribution in [2.45, 2.75) is 63.5 Å². The minimum absolute atomic E-state index is 0.0858. The summed E-state index contributed by atoms with van der Waals surface area (Å²) in [6.07, 6.45) is 9.23. The van der Waals surface area contributed by atoms with Gasteiger partial charge in [0, 0.05) is 87.5 Å². The molecule has 10 heteroatoms. The van der Waals surface area contributed by atoms with Gasteiger partial charge in [0.15, 0.2) is 0 Å². The number of benzene rings is 1. The maximum Gasteiger partial charge on any atom is 0.244 e. The number of piperidine rings is 1. The Morgan fingerprint density at radius 2 is 1.66 bits per heavy atom. The van der Waals surface area contributed by atoms with Crippen molar-refractivity contribution in [1.82, 2.24) is 25.1 Å². The zero-order valence-electron chi connectivity index (χ0n) is 24.1. The van der Waals surface area contributed by atoms with Crippen LogP contribution in [-0.2, 0) is 16.0 Å². The lowest BCUT2D eigenvalue weighted by Gasteiger charge is -2.42. The fraction of sp³-hybridized carbons (Fsp3) is 0.613. The Morgan fingerprint density at radius 1 is 0.927 bits per heavy atom. The summed E-state index contributed by atoms with van der Waals surface area (Å²) in [7, 11) is 2.22. The summed E-state index contributed by atoms with van der Waals surface area (Å²) in [5, 5.41) is 6.26. The standard InChI is InChI=1S/C31H42N8O2/c1-36-16-18-38(19-17-36)25-10-14-37(15-11-25)24-8-6-23(7-9-24)34-30-33-21-22-20-31(12-13-32-28(31)40)29(41)39(27(22)35-30)26-4-2-3-5-26/h6-9,21,25-26H,2-5,10-20H2,1H3,(H,32,40)(H,33,34,35)/t31-/m1/s1. The van der Waals surface area contributed by atoms with E-state index < -0.39 is 5.41 Å². The van der Waals surface area contributed by atoms with Crippen molar-refractivity contribution >= 4 is 35.0 Å². The summed E-state index contributed by atoms with van der Waals surface area (Å²) in [5.74, 6) is 0.913. The van der Waals surface area contributed by atoms with E-state index in [2.05, 4.69) is 61.6 Å². The Bertz CT molecular complexity index is 1280. The van der Waals surface area contributed by atoms with E-state index in [4.69, 9.17) is 4.98 Å². The molecule has 3 saturated heterocycles. The average molecular weight is 559 g/mol. The predicted octanol–water partition coefficient (Wildman–Crippen LogP) is 2.77. The second-order valence-corrected chi connectivity index (χ2v) is 12.7. The molecule has 2 amide bonds. The van der Waals surface area contributed by atoms with Crippen LogP contribution in [0, 0.1) is 5.41 Å². The van der Waals surface area contributed by atoms with Gasteiger partial charge in [-0.25, -0.2) is 4.98 Å². The smallest absolute Gasteiger partial charge is 0.244 e. The number of hydrogen-bond acceptors (Lipinski definition) is 8. The highest BCUT2D eigenvalue weighted by Gasteiger charge is 2.56. The quantitative estimate of drug-likeness (QED) is 0.541. The third kappa shape index (κ3) is 4.95. The van der Waals surface area contributed by atoms with Gasteiger partial charge in [0.2, 0.25) is 17.8 Å². The number of hydrogen-bond donors (Lipinski definition) is 2. The average Bonchev–Trinajstić information content (AvgIpc) is 3.66. The van der Waals surface area contributed by atoms with Crippen LogP contribution in [0.5, 0.6) is 0 Å². The van der Waals surface area contributed by atoms with Crippen LogP contribution in [0.4, 0.5) is 23.1 Å². The number of anilines is 4. The van der Waals surface area contributed by atoms with Gasteiger partial charge in [0.25, 0.3) is 0 Å². The fourth-order valence-electron chi connectivity index (χ4n) is 7.63. The lowest BCUT2D eigenvalue weighted by molar-refractivity contribution is -0.140. The number of fused-ring (bicyclic) bond motifs is 1. The molecule has 7 rings (SSSR count). The molecule has 218 valence electrons. The van der Waals surface area contributed by atoms with E-state index in [0.29, 0.717) is 37.2 Å². The topological polar surface area (TPSA) is 96.9 Å². The van der Waals surface area contributed by atoms with Gasteiger partial charge in [-0.05, 0) is 63.4 Å². The summed E-state index contributed by atoms with van der Waals surface area (Å²) in [5.41, 5.74) is 2.04. The number of carbonyl (C=O) groups is 2. The normalized spacial score (nSPS) is 26.6. The SMILES string of the molecule is CN1CCN(C2CCN(c3ccc(Nc4ncc5c(n4)N(C4CCCC4)C(=O)[C@]4(CCNC4=O)C5)cc3)CC2)CC1. The van der Waals surface area contributed by atoms with Crippen molar-refractivity contribution in [2.75, 3.05) is 68.0 Å². The number of carbonyl (C=O) groups excluding carboxylic acids is 2. The lowest BCUT2D eigenvalue weighted by atomic mass is 9.76. The Labute approximate surface area is 242 Å². The maximum atomic E-state index is 13.9. The van der Waals surface area contributed by atoms with Crippen LogP contribution < -0.4 is 20.4 Å². The third-order valence-corrected chi connectivity index (χ3v) is 10.2. The van der Waals surface area contributed by atoms with Crippen molar-refractivity contribution < 1.29 is 9.59 Å². The molecule has 2 N–H and O–H groups in total. The first-order chi connectivity index (χ1) is 20.0. The van der Waals surface area contributed by atoms with Gasteiger partial charge < -0.3 is 20.4 Å². The zero-order valence-corrected chi connectivity index (χ0v) is 24.1. The van der Waals surface area contributed by atoms with Crippen LogP contribution in [0.3, 0.4) is 0 Å². The fourth-order valence-corrected chi connectivity index (χ4v) is 7.63. The first kappa shape index (κ1) is 26.6. The Balaban J connectivity index is 1.04. The molecule has 2 aromatic rings. The second kappa shape index (κ2) is 10.9. The molecule has 0 unspecified atom stereocenters. The van der Waals surface area contributed by atoms with Crippen molar-refractivity contribution in [3.63, 3.8) is 0 Å². The minimum atomic E-state index is -1.01. The predicted molar refractivity (Wildman–Crippen MR) is 160 cm³/mol. The molecule has 0 radical (unpaired) electrons. The van der Waals surface area contributed by atoms with Crippen molar-refractivity contribution in [3.05, 3.63) is 36.0 Å². The summed E-state index contributed by atoms with van der Waals surface area (Å²) < 4.78 is 0. The highest BCUT2D eigenvalue weighted by molar-refractivity contribution is 6.14. The van der Waals surface area contributed by atoms with E-state index >= 15 is 0 Å². The molecule has 1 saturated carbocycles. The third-order valence-electron chi connectivity index (χ3n) is 10.2. The van der Waals surface area contributed by atoms with Gasteiger partial charge in [-0.1, -0.05) is 12.8 Å². The van der Waals surface area contributed by atoms with E-state index in [1.165, 1.54) is 44.7 Å². The van der Waals surface area contributed by atoms with E-state index in [0.717, 1.165) is 50.0 Å². The van der Waals surface area contributed by atoms with Crippen LogP contribution in [0.2, 0.25) is 0 Å². The van der Waals surface area contributed by atoms with Crippen LogP contribution >= 0.6 is 0 Å². The highest BCUT2D eigenvalue weighted by Crippen LogP contribution is 2.44. The minimum Gasteiger partial charge on any atom is -0.371 e. The molecule has 5 heterocycles. The molecular formula is C31H42N8O2. The summed E-state index contributed by atoms with van der Waals surface area (Å²) in [6.45, 7) is 7.45. The van der Waals surface area contributed by atoms with Gasteiger partial charge in [-0.15, -0.1) is 0 Å². The molecule has 4 aliphatic heterocycles. The van der Waals surface area contributed by atoms with E-state index in [1.807, 2.05) is 11.1 Å². The largest absolute Gasteiger partial charge is 0.371 e. The van der Waals surface area contributed by atoms with Gasteiger partial charge in [-0.2, -0.15) is 4.98 Å². The Kier molecular flexibility index (Phi) is 7.06. The monoisotopic (exact) mass is 558 g/mol. The van der Waals surface area contributed by atoms with Crippen molar-refractivity contribution in [2.24, 2.45) is 5.41 Å². The molecule has 41 heavy (non-hydrogen) atoms. The number of piperazine rings is 1. The van der Waals surface area contributed by atoms with Gasteiger partial charge in [-0.3, -0.25) is 19.4 Å². The van der Waals surface area contributed by atoms with Crippen LogP contribution in [0.15, 0.2) is 30.5 Å². The molecule has 5 aliphatic rings. The molecule has 1 aliphatic carbocycles. The van der Waals surface area contributed by atoms with Crippen molar-refractivity contribution in [1.29, 1.82) is 0 Å². The lowest BCUT2D eigenvalue weighted by Crippen LogP contribution is -2.56.